The molecule has 0 aliphatic heterocycles. The molecule has 1 aromatic heterocycles. The van der Waals surface area contributed by atoms with Gasteiger partial charge in [-0.2, -0.15) is 0 Å². The van der Waals surface area contributed by atoms with Crippen LogP contribution in [0.5, 0.6) is 5.75 Å². The van der Waals surface area contributed by atoms with Crippen LogP contribution in [-0.2, 0) is 0 Å². The van der Waals surface area contributed by atoms with Crippen molar-refractivity contribution in [3.8, 4) is 5.75 Å². The topological polar surface area (TPSA) is 51.2 Å². The Bertz CT molecular complexity index is 799. The Kier molecular flexibility index (Phi) is 3.77. The number of hydrogen-bond acceptors (Lipinski definition) is 4. The predicted molar refractivity (Wildman–Crippen MR) is 85.6 cm³/mol. The molecular weight excluding hydrogens is 308 g/mol. The molecule has 4 nitrogen and oxygen atoms in total. The molecule has 0 atom stereocenters. The van der Waals surface area contributed by atoms with E-state index in [1.54, 1.807) is 31.4 Å². The molecule has 1 heterocycles. The van der Waals surface area contributed by atoms with E-state index in [1.807, 2.05) is 18.2 Å². The van der Waals surface area contributed by atoms with Gasteiger partial charge in [-0.1, -0.05) is 29.0 Å². The van der Waals surface area contributed by atoms with Gasteiger partial charge in [-0.15, -0.1) is 0 Å². The molecule has 6 heteroatoms. The van der Waals surface area contributed by atoms with Crippen LogP contribution in [0.1, 0.15) is 10.4 Å². The Morgan fingerprint density at radius 3 is 2.71 bits per heavy atom. The number of aromatic nitrogens is 1. The van der Waals surface area contributed by atoms with Crippen molar-refractivity contribution in [1.29, 1.82) is 0 Å². The molecule has 0 saturated carbocycles. The normalized spacial score (nSPS) is 10.6. The number of nitrogens with one attached hydrogen (secondary N) is 1. The third-order valence-corrected chi connectivity index (χ3v) is 4.12. The summed E-state index contributed by atoms with van der Waals surface area (Å²) in [5.41, 5.74) is 1.28. The Morgan fingerprint density at radius 1 is 1.24 bits per heavy atom. The molecule has 21 heavy (non-hydrogen) atoms. The molecule has 0 bridgehead atoms. The maximum atomic E-state index is 12.1. The highest BCUT2D eigenvalue weighted by Gasteiger charge is 2.12. The summed E-state index contributed by atoms with van der Waals surface area (Å²) in [4.78, 5) is 16.5. The lowest BCUT2D eigenvalue weighted by Crippen LogP contribution is -2.11. The van der Waals surface area contributed by atoms with Gasteiger partial charge in [0.1, 0.15) is 11.3 Å². The zero-order valence-corrected chi connectivity index (χ0v) is 12.7. The number of carbonyl (C=O) groups excluding carboxylic acids is 1. The van der Waals surface area contributed by atoms with E-state index in [4.69, 9.17) is 16.3 Å². The Hall–Kier alpha value is -2.11. The highest BCUT2D eigenvalue weighted by molar-refractivity contribution is 7.22. The number of nitrogens with zero attached hydrogens (tertiary/aromatic N) is 1. The molecule has 0 fully saturated rings. The van der Waals surface area contributed by atoms with Gasteiger partial charge in [0.05, 0.1) is 11.8 Å². The molecule has 0 radical (unpaired) electrons. The second-order valence-electron chi connectivity index (χ2n) is 4.29. The molecule has 3 rings (SSSR count). The van der Waals surface area contributed by atoms with Crippen molar-refractivity contribution in [2.24, 2.45) is 0 Å². The molecule has 0 saturated heterocycles. The van der Waals surface area contributed by atoms with E-state index in [0.717, 1.165) is 10.2 Å². The first-order valence-corrected chi connectivity index (χ1v) is 7.37. The summed E-state index contributed by atoms with van der Waals surface area (Å²) < 4.78 is 6.22. The van der Waals surface area contributed by atoms with Gasteiger partial charge < -0.3 is 4.74 Å². The highest BCUT2D eigenvalue weighted by atomic mass is 35.5. The summed E-state index contributed by atoms with van der Waals surface area (Å²) >= 11 is 7.21. The summed E-state index contributed by atoms with van der Waals surface area (Å²) in [7, 11) is 1.60. The number of para-hydroxylation sites is 1. The van der Waals surface area contributed by atoms with Crippen LogP contribution in [0, 0.1) is 0 Å². The summed E-state index contributed by atoms with van der Waals surface area (Å²) in [6.45, 7) is 0. The number of carbonyl (C=O) groups is 1. The maximum absolute atomic E-state index is 12.1. The number of anilines is 1. The van der Waals surface area contributed by atoms with E-state index in [1.165, 1.54) is 11.3 Å². The van der Waals surface area contributed by atoms with E-state index in [-0.39, 0.29) is 5.91 Å². The number of halogens is 1. The third kappa shape index (κ3) is 2.84. The van der Waals surface area contributed by atoms with Crippen molar-refractivity contribution >= 4 is 44.2 Å². The second kappa shape index (κ2) is 5.71. The van der Waals surface area contributed by atoms with Gasteiger partial charge in [0.2, 0.25) is 0 Å². The van der Waals surface area contributed by atoms with Crippen LogP contribution in [0.15, 0.2) is 42.5 Å². The Labute approximate surface area is 130 Å². The third-order valence-electron chi connectivity index (χ3n) is 2.93. The molecule has 1 N–H and O–H groups in total. The molecule has 2 aromatic carbocycles. The average molecular weight is 319 g/mol. The standard InChI is InChI=1S/C15H11ClN2O2S/c1-20-11-3-2-4-12-13(11)17-15(21-12)18-14(19)9-5-7-10(16)8-6-9/h2-8H,1H3,(H,17,18,19). The van der Waals surface area contributed by atoms with Gasteiger partial charge in [-0.05, 0) is 36.4 Å². The largest absolute Gasteiger partial charge is 0.494 e. The Morgan fingerprint density at radius 2 is 2.00 bits per heavy atom. The summed E-state index contributed by atoms with van der Waals surface area (Å²) in [5.74, 6) is 0.473. The van der Waals surface area contributed by atoms with Crippen LogP contribution >= 0.6 is 22.9 Å². The first-order chi connectivity index (χ1) is 10.2. The molecule has 0 spiro atoms. The molecule has 106 valence electrons. The van der Waals surface area contributed by atoms with Gasteiger partial charge in [0.25, 0.3) is 5.91 Å². The maximum Gasteiger partial charge on any atom is 0.257 e. The number of fused-ring (bicyclic) bond motifs is 1. The van der Waals surface area contributed by atoms with Crippen molar-refractivity contribution in [2.45, 2.75) is 0 Å². The smallest absolute Gasteiger partial charge is 0.257 e. The quantitative estimate of drug-likeness (QED) is 0.787. The fourth-order valence-corrected chi connectivity index (χ4v) is 2.92. The summed E-state index contributed by atoms with van der Waals surface area (Å²) in [6.07, 6.45) is 0. The van der Waals surface area contributed by atoms with Crippen LogP contribution in [0.25, 0.3) is 10.2 Å². The van der Waals surface area contributed by atoms with Crippen molar-refractivity contribution in [1.82, 2.24) is 4.98 Å². The number of amides is 1. The van der Waals surface area contributed by atoms with Crippen molar-refractivity contribution in [2.75, 3.05) is 12.4 Å². The SMILES string of the molecule is COc1cccc2sc(NC(=O)c3ccc(Cl)cc3)nc12. The fourth-order valence-electron chi connectivity index (χ4n) is 1.91. The zero-order valence-electron chi connectivity index (χ0n) is 11.1. The van der Waals surface area contributed by atoms with Crippen LogP contribution in [-0.4, -0.2) is 18.0 Å². The number of thiazole rings is 1. The number of methoxy groups -OCH3 is 1. The van der Waals surface area contributed by atoms with Crippen LogP contribution in [0.2, 0.25) is 5.02 Å². The van der Waals surface area contributed by atoms with Crippen molar-refractivity contribution < 1.29 is 9.53 Å². The van der Waals surface area contributed by atoms with E-state index in [2.05, 4.69) is 10.3 Å². The van der Waals surface area contributed by atoms with Crippen LogP contribution in [0.3, 0.4) is 0 Å². The lowest BCUT2D eigenvalue weighted by atomic mass is 10.2. The monoisotopic (exact) mass is 318 g/mol. The van der Waals surface area contributed by atoms with E-state index in [9.17, 15) is 4.79 Å². The molecule has 3 aromatic rings. The molecule has 0 aliphatic carbocycles. The second-order valence-corrected chi connectivity index (χ2v) is 5.75. The van der Waals surface area contributed by atoms with E-state index < -0.39 is 0 Å². The van der Waals surface area contributed by atoms with E-state index >= 15 is 0 Å². The van der Waals surface area contributed by atoms with Gasteiger partial charge >= 0.3 is 0 Å². The van der Waals surface area contributed by atoms with Crippen molar-refractivity contribution in [3.63, 3.8) is 0 Å². The lowest BCUT2D eigenvalue weighted by molar-refractivity contribution is 0.102. The first-order valence-electron chi connectivity index (χ1n) is 6.18. The highest BCUT2D eigenvalue weighted by Crippen LogP contribution is 2.32. The minimum absolute atomic E-state index is 0.218. The summed E-state index contributed by atoms with van der Waals surface area (Å²) in [5, 5.41) is 3.92. The minimum atomic E-state index is -0.218. The van der Waals surface area contributed by atoms with Gasteiger partial charge in [-0.25, -0.2) is 4.98 Å². The number of hydrogen-bond donors (Lipinski definition) is 1. The summed E-state index contributed by atoms with van der Waals surface area (Å²) in [6, 6.07) is 12.4. The van der Waals surface area contributed by atoms with Gasteiger partial charge in [-0.3, -0.25) is 10.1 Å². The van der Waals surface area contributed by atoms with Crippen molar-refractivity contribution in [3.05, 3.63) is 53.1 Å². The molecule has 0 aliphatic rings. The predicted octanol–water partition coefficient (Wildman–Crippen LogP) is 4.21. The number of ether oxygens (including phenoxy) is 1. The molecule has 1 amide bonds. The van der Waals surface area contributed by atoms with Gasteiger partial charge in [0.15, 0.2) is 5.13 Å². The van der Waals surface area contributed by atoms with Crippen LogP contribution in [0.4, 0.5) is 5.13 Å². The molecule has 0 unspecified atom stereocenters. The Balaban J connectivity index is 1.88. The number of benzene rings is 2. The first kappa shape index (κ1) is 13.9. The number of rotatable bonds is 3. The zero-order chi connectivity index (χ0) is 14.8. The molecular formula is C15H11ClN2O2S. The minimum Gasteiger partial charge on any atom is -0.494 e. The average Bonchev–Trinajstić information content (AvgIpc) is 2.90. The van der Waals surface area contributed by atoms with Crippen LogP contribution < -0.4 is 10.1 Å². The lowest BCUT2D eigenvalue weighted by Gasteiger charge is -2.01. The van der Waals surface area contributed by atoms with Gasteiger partial charge in [0, 0.05) is 10.6 Å². The van der Waals surface area contributed by atoms with E-state index in [0.29, 0.717) is 21.5 Å². The fraction of sp³-hybridized carbons (Fsp3) is 0.0667.